The van der Waals surface area contributed by atoms with Crippen LogP contribution in [0.25, 0.3) is 28.2 Å². The van der Waals surface area contributed by atoms with Gasteiger partial charge in [-0.2, -0.15) is 0 Å². The molecule has 0 radical (unpaired) electrons. The number of nitrogens with two attached hydrogens (primary N) is 1. The number of nitrogens with zero attached hydrogens (tertiary/aromatic N) is 2. The summed E-state index contributed by atoms with van der Waals surface area (Å²) in [6.07, 6.45) is 5.67. The molecule has 38 heavy (non-hydrogen) atoms. The van der Waals surface area contributed by atoms with Crippen LogP contribution in [0.5, 0.6) is 5.75 Å². The van der Waals surface area contributed by atoms with Gasteiger partial charge in [-0.15, -0.1) is 0 Å². The molecule has 5 rings (SSSR count). The smallest absolute Gasteiger partial charge is 0.254 e. The number of carbonyl (C=O) groups is 2. The van der Waals surface area contributed by atoms with E-state index in [9.17, 15) is 9.59 Å². The number of ketones is 1. The summed E-state index contributed by atoms with van der Waals surface area (Å²) in [5.74, 6) is 1.76. The van der Waals surface area contributed by atoms with Crippen LogP contribution < -0.4 is 10.5 Å². The number of methoxy groups -OCH3 is 1. The third-order valence-corrected chi connectivity index (χ3v) is 6.51. The number of carbonyl (C=O) groups excluding carboxylic acids is 2. The number of furan rings is 1. The highest BCUT2D eigenvalue weighted by Gasteiger charge is 2.19. The number of benzene rings is 2. The quantitative estimate of drug-likeness (QED) is 0.339. The molecule has 8 heteroatoms. The second-order valence-corrected chi connectivity index (χ2v) is 9.11. The van der Waals surface area contributed by atoms with Crippen LogP contribution in [-0.2, 0) is 16.0 Å². The van der Waals surface area contributed by atoms with Crippen molar-refractivity contribution >= 4 is 34.6 Å². The van der Waals surface area contributed by atoms with Gasteiger partial charge < -0.3 is 24.5 Å². The molecule has 0 atom stereocenters. The van der Waals surface area contributed by atoms with Crippen LogP contribution in [0.15, 0.2) is 71.3 Å². The van der Waals surface area contributed by atoms with E-state index >= 15 is 0 Å². The van der Waals surface area contributed by atoms with Crippen LogP contribution in [-0.4, -0.2) is 55.0 Å². The zero-order valence-electron chi connectivity index (χ0n) is 21.2. The molecule has 1 aliphatic heterocycles. The molecule has 0 saturated carbocycles. The van der Waals surface area contributed by atoms with Crippen molar-refractivity contribution in [2.45, 2.75) is 12.8 Å². The van der Waals surface area contributed by atoms with Crippen molar-refractivity contribution in [3.8, 4) is 16.9 Å². The van der Waals surface area contributed by atoms with Crippen molar-refractivity contribution in [2.24, 2.45) is 0 Å². The minimum atomic E-state index is -0.0124. The van der Waals surface area contributed by atoms with Crippen LogP contribution in [0, 0.1) is 0 Å². The predicted octanol–water partition coefficient (Wildman–Crippen LogP) is 4.77. The maximum Gasteiger partial charge on any atom is 0.254 e. The monoisotopic (exact) mass is 511 g/mol. The Hall–Kier alpha value is -4.43. The first kappa shape index (κ1) is 25.2. The highest BCUT2D eigenvalue weighted by Crippen LogP contribution is 2.35. The van der Waals surface area contributed by atoms with E-state index in [-0.39, 0.29) is 11.7 Å². The summed E-state index contributed by atoms with van der Waals surface area (Å²) in [7, 11) is 1.60. The molecule has 1 amide bonds. The van der Waals surface area contributed by atoms with Gasteiger partial charge in [0.2, 0.25) is 0 Å². The number of ether oxygens (including phenoxy) is 2. The number of aryl methyl sites for hydroxylation is 1. The summed E-state index contributed by atoms with van der Waals surface area (Å²) < 4.78 is 17.0. The van der Waals surface area contributed by atoms with Gasteiger partial charge in [-0.1, -0.05) is 12.1 Å². The van der Waals surface area contributed by atoms with Gasteiger partial charge in [0.1, 0.15) is 11.6 Å². The average Bonchev–Trinajstić information content (AvgIpc) is 3.38. The molecule has 2 aromatic heterocycles. The minimum absolute atomic E-state index is 0.0124. The van der Waals surface area contributed by atoms with Gasteiger partial charge in [-0.25, -0.2) is 4.98 Å². The summed E-state index contributed by atoms with van der Waals surface area (Å²) in [5, 5.41) is 0.888. The van der Waals surface area contributed by atoms with Crippen molar-refractivity contribution < 1.29 is 23.5 Å². The normalized spacial score (nSPS) is 13.8. The van der Waals surface area contributed by atoms with Gasteiger partial charge in [0.15, 0.2) is 17.1 Å². The number of rotatable bonds is 8. The number of pyridine rings is 1. The van der Waals surface area contributed by atoms with E-state index in [0.29, 0.717) is 67.6 Å². The summed E-state index contributed by atoms with van der Waals surface area (Å²) >= 11 is 0. The summed E-state index contributed by atoms with van der Waals surface area (Å²) in [6.45, 7) is 2.36. The second kappa shape index (κ2) is 11.3. The molecule has 0 aliphatic carbocycles. The van der Waals surface area contributed by atoms with Gasteiger partial charge in [0.05, 0.1) is 20.3 Å². The van der Waals surface area contributed by atoms with E-state index in [1.165, 1.54) is 0 Å². The zero-order valence-corrected chi connectivity index (χ0v) is 21.2. The van der Waals surface area contributed by atoms with E-state index in [1.807, 2.05) is 53.4 Å². The Kier molecular flexibility index (Phi) is 7.51. The number of hydrogen-bond donors (Lipinski definition) is 1. The maximum atomic E-state index is 12.8. The maximum absolute atomic E-state index is 12.8. The lowest BCUT2D eigenvalue weighted by Crippen LogP contribution is -2.40. The molecule has 2 aromatic carbocycles. The summed E-state index contributed by atoms with van der Waals surface area (Å²) in [5.41, 5.74) is 9.61. The molecule has 8 nitrogen and oxygen atoms in total. The fourth-order valence-corrected chi connectivity index (χ4v) is 4.40. The largest absolute Gasteiger partial charge is 0.493 e. The number of hydrogen-bond acceptors (Lipinski definition) is 7. The first-order valence-electron chi connectivity index (χ1n) is 12.5. The van der Waals surface area contributed by atoms with Crippen molar-refractivity contribution in [2.75, 3.05) is 39.1 Å². The van der Waals surface area contributed by atoms with Gasteiger partial charge in [0.25, 0.3) is 5.91 Å². The standard InChI is InChI=1S/C30H29N3O5/c1-36-27-18-23(21-4-6-22(7-5-21)30(35)33-12-14-37-15-13-33)16-24-17-26(38-29(24)27)10-9-25(34)8-2-20-3-11-28(31)32-19-20/h2-8,11,16-19H,9-10,12-15H2,1H3,(H2,31,32)/b8-2+. The fraction of sp³-hybridized carbons (Fsp3) is 0.233. The molecule has 0 spiro atoms. The van der Waals surface area contributed by atoms with Gasteiger partial charge >= 0.3 is 0 Å². The molecule has 1 fully saturated rings. The molecule has 0 bridgehead atoms. The molecule has 2 N–H and O–H groups in total. The Morgan fingerprint density at radius 1 is 1.05 bits per heavy atom. The summed E-state index contributed by atoms with van der Waals surface area (Å²) in [4.78, 5) is 31.0. The zero-order chi connectivity index (χ0) is 26.5. The molecule has 1 aliphatic rings. The number of amides is 1. The SMILES string of the molecule is COc1cc(-c2ccc(C(=O)N3CCOCC3)cc2)cc2cc(CCC(=O)/C=C/c3ccc(N)nc3)oc12. The highest BCUT2D eigenvalue weighted by molar-refractivity contribution is 5.96. The Morgan fingerprint density at radius 3 is 2.55 bits per heavy atom. The molecule has 0 unspecified atom stereocenters. The summed E-state index contributed by atoms with van der Waals surface area (Å²) in [6, 6.07) is 17.0. The van der Waals surface area contributed by atoms with Crippen molar-refractivity contribution in [1.29, 1.82) is 0 Å². The third kappa shape index (κ3) is 5.76. The van der Waals surface area contributed by atoms with Crippen molar-refractivity contribution in [1.82, 2.24) is 9.88 Å². The average molecular weight is 512 g/mol. The molecule has 4 aromatic rings. The van der Waals surface area contributed by atoms with E-state index < -0.39 is 0 Å². The second-order valence-electron chi connectivity index (χ2n) is 9.11. The molecular weight excluding hydrogens is 482 g/mol. The molecular formula is C30H29N3O5. The van der Waals surface area contributed by atoms with Crippen molar-refractivity contribution in [3.05, 3.63) is 83.8 Å². The highest BCUT2D eigenvalue weighted by atomic mass is 16.5. The number of anilines is 1. The first-order chi connectivity index (χ1) is 18.5. The number of fused-ring (bicyclic) bond motifs is 1. The van der Waals surface area contributed by atoms with E-state index in [0.717, 1.165) is 22.1 Å². The van der Waals surface area contributed by atoms with E-state index in [1.54, 1.807) is 31.5 Å². The van der Waals surface area contributed by atoms with Crippen LogP contribution >= 0.6 is 0 Å². The third-order valence-electron chi connectivity index (χ3n) is 6.51. The Bertz CT molecular complexity index is 1470. The van der Waals surface area contributed by atoms with Gasteiger partial charge in [-0.05, 0) is 71.3 Å². The molecule has 3 heterocycles. The Morgan fingerprint density at radius 2 is 1.84 bits per heavy atom. The number of allylic oxidation sites excluding steroid dienone is 1. The first-order valence-corrected chi connectivity index (χ1v) is 12.5. The lowest BCUT2D eigenvalue weighted by Gasteiger charge is -2.26. The lowest BCUT2D eigenvalue weighted by atomic mass is 10.0. The number of aromatic nitrogens is 1. The fourth-order valence-electron chi connectivity index (χ4n) is 4.40. The topological polar surface area (TPSA) is 108 Å². The number of morpholine rings is 1. The molecule has 1 saturated heterocycles. The van der Waals surface area contributed by atoms with Crippen LogP contribution in [0.3, 0.4) is 0 Å². The Balaban J connectivity index is 1.29. The van der Waals surface area contributed by atoms with Crippen LogP contribution in [0.1, 0.15) is 28.1 Å². The van der Waals surface area contributed by atoms with Crippen molar-refractivity contribution in [3.63, 3.8) is 0 Å². The Labute approximate surface area is 220 Å². The molecule has 194 valence electrons. The van der Waals surface area contributed by atoms with Crippen LogP contribution in [0.4, 0.5) is 5.82 Å². The number of nitrogen functional groups attached to an aromatic ring is 1. The van der Waals surface area contributed by atoms with Gasteiger partial charge in [-0.3, -0.25) is 9.59 Å². The van der Waals surface area contributed by atoms with E-state index in [4.69, 9.17) is 19.6 Å². The predicted molar refractivity (Wildman–Crippen MR) is 146 cm³/mol. The van der Waals surface area contributed by atoms with E-state index in [2.05, 4.69) is 4.98 Å². The lowest BCUT2D eigenvalue weighted by molar-refractivity contribution is -0.114. The minimum Gasteiger partial charge on any atom is -0.493 e. The van der Waals surface area contributed by atoms with Crippen LogP contribution in [0.2, 0.25) is 0 Å². The van der Waals surface area contributed by atoms with Gasteiger partial charge in [0, 0.05) is 43.1 Å².